The first-order valence-corrected chi connectivity index (χ1v) is 9.84. The second-order valence-corrected chi connectivity index (χ2v) is 8.84. The lowest BCUT2D eigenvalue weighted by Gasteiger charge is -2.34. The van der Waals surface area contributed by atoms with Gasteiger partial charge in [0.25, 0.3) is 5.91 Å². The average molecular weight is 375 g/mol. The molecule has 3 amide bonds. The van der Waals surface area contributed by atoms with Crippen LogP contribution >= 0.6 is 11.3 Å². The van der Waals surface area contributed by atoms with Crippen LogP contribution < -0.4 is 10.6 Å². The third-order valence-electron chi connectivity index (χ3n) is 4.42. The Bertz CT molecular complexity index is 755. The summed E-state index contributed by atoms with van der Waals surface area (Å²) in [7, 11) is 0. The number of thiazole rings is 1. The Morgan fingerprint density at radius 1 is 1.23 bits per heavy atom. The number of carbonyl (C=O) groups excluding carboxylic acids is 2. The highest BCUT2D eigenvalue weighted by Crippen LogP contribution is 2.22. The molecule has 0 aliphatic carbocycles. The molecule has 2 heterocycles. The minimum absolute atomic E-state index is 0.00513. The van der Waals surface area contributed by atoms with Crippen molar-refractivity contribution < 1.29 is 9.59 Å². The standard InChI is InChI=1S/C19H26N4O2S/c1-19(2,3)22-18(25)23-10-8-13(9-11-23)12-20-16(24)17-21-14-6-4-5-7-15(14)26-17/h4-7,13H,8-12H2,1-3H3,(H,20,24)(H,22,25). The summed E-state index contributed by atoms with van der Waals surface area (Å²) < 4.78 is 1.02. The molecule has 0 unspecified atom stereocenters. The molecule has 1 aromatic heterocycles. The molecule has 7 heteroatoms. The Hall–Kier alpha value is -2.15. The van der Waals surface area contributed by atoms with Crippen LogP contribution in [0.25, 0.3) is 10.2 Å². The molecule has 0 atom stereocenters. The summed E-state index contributed by atoms with van der Waals surface area (Å²) in [5.41, 5.74) is 0.639. The fourth-order valence-electron chi connectivity index (χ4n) is 3.02. The zero-order chi connectivity index (χ0) is 18.7. The summed E-state index contributed by atoms with van der Waals surface area (Å²) in [6, 6.07) is 7.76. The van der Waals surface area contributed by atoms with Crippen LogP contribution in [0.2, 0.25) is 0 Å². The van der Waals surface area contributed by atoms with Crippen molar-refractivity contribution in [2.24, 2.45) is 5.92 Å². The second kappa shape index (κ2) is 7.61. The number of para-hydroxylation sites is 1. The van der Waals surface area contributed by atoms with E-state index in [0.717, 1.165) is 36.1 Å². The molecular weight excluding hydrogens is 348 g/mol. The molecule has 6 nitrogen and oxygen atoms in total. The number of piperidine rings is 1. The van der Waals surface area contributed by atoms with Gasteiger partial charge < -0.3 is 15.5 Å². The number of likely N-dealkylation sites (tertiary alicyclic amines) is 1. The van der Waals surface area contributed by atoms with Gasteiger partial charge >= 0.3 is 6.03 Å². The SMILES string of the molecule is CC(C)(C)NC(=O)N1CCC(CNC(=O)c2nc3ccccc3s2)CC1. The molecule has 1 fully saturated rings. The van der Waals surface area contributed by atoms with Crippen LogP contribution in [0.5, 0.6) is 0 Å². The topological polar surface area (TPSA) is 74.3 Å². The largest absolute Gasteiger partial charge is 0.350 e. The molecule has 1 saturated heterocycles. The summed E-state index contributed by atoms with van der Waals surface area (Å²) in [4.78, 5) is 30.8. The molecule has 0 radical (unpaired) electrons. The van der Waals surface area contributed by atoms with E-state index in [1.54, 1.807) is 0 Å². The number of fused-ring (bicyclic) bond motifs is 1. The summed E-state index contributed by atoms with van der Waals surface area (Å²) in [5.74, 6) is 0.283. The number of aromatic nitrogens is 1. The molecule has 2 aromatic rings. The van der Waals surface area contributed by atoms with E-state index in [1.807, 2.05) is 49.9 Å². The van der Waals surface area contributed by atoms with Crippen molar-refractivity contribution in [2.45, 2.75) is 39.2 Å². The first-order chi connectivity index (χ1) is 12.3. The summed E-state index contributed by atoms with van der Waals surface area (Å²) in [5, 5.41) is 6.51. The maximum Gasteiger partial charge on any atom is 0.317 e. The number of hydrogen-bond acceptors (Lipinski definition) is 4. The minimum atomic E-state index is -0.223. The van der Waals surface area contributed by atoms with Crippen LogP contribution in [0.4, 0.5) is 4.79 Å². The van der Waals surface area contributed by atoms with Gasteiger partial charge in [0.05, 0.1) is 10.2 Å². The number of nitrogens with one attached hydrogen (secondary N) is 2. The van der Waals surface area contributed by atoms with E-state index in [9.17, 15) is 9.59 Å². The van der Waals surface area contributed by atoms with Gasteiger partial charge in [0.15, 0.2) is 5.01 Å². The Balaban J connectivity index is 1.46. The lowest BCUT2D eigenvalue weighted by Crippen LogP contribution is -2.51. The Labute approximate surface area is 158 Å². The van der Waals surface area contributed by atoms with E-state index in [-0.39, 0.29) is 17.5 Å². The molecule has 1 aromatic carbocycles. The van der Waals surface area contributed by atoms with Gasteiger partial charge in [-0.15, -0.1) is 11.3 Å². The quantitative estimate of drug-likeness (QED) is 0.866. The van der Waals surface area contributed by atoms with Crippen LogP contribution in [0.1, 0.15) is 43.4 Å². The molecule has 26 heavy (non-hydrogen) atoms. The highest BCUT2D eigenvalue weighted by molar-refractivity contribution is 7.20. The van der Waals surface area contributed by atoms with E-state index in [4.69, 9.17) is 0 Å². The minimum Gasteiger partial charge on any atom is -0.350 e. The second-order valence-electron chi connectivity index (χ2n) is 7.81. The Morgan fingerprint density at radius 3 is 2.58 bits per heavy atom. The highest BCUT2D eigenvalue weighted by atomic mass is 32.1. The van der Waals surface area contributed by atoms with Gasteiger partial charge in [-0.05, 0) is 51.7 Å². The molecule has 3 rings (SSSR count). The van der Waals surface area contributed by atoms with E-state index < -0.39 is 0 Å². The monoisotopic (exact) mass is 374 g/mol. The molecule has 0 spiro atoms. The number of rotatable bonds is 3. The number of amides is 3. The molecule has 1 aliphatic rings. The van der Waals surface area contributed by atoms with Gasteiger partial charge in [0.1, 0.15) is 0 Å². The summed E-state index contributed by atoms with van der Waals surface area (Å²) in [6.07, 6.45) is 1.80. The first kappa shape index (κ1) is 18.6. The van der Waals surface area contributed by atoms with Gasteiger partial charge in [-0.2, -0.15) is 0 Å². The van der Waals surface area contributed by atoms with Crippen LogP contribution in [0.15, 0.2) is 24.3 Å². The van der Waals surface area contributed by atoms with Gasteiger partial charge in [-0.3, -0.25) is 4.79 Å². The Morgan fingerprint density at radius 2 is 1.92 bits per heavy atom. The van der Waals surface area contributed by atoms with Crippen molar-refractivity contribution in [3.8, 4) is 0 Å². The zero-order valence-corrected chi connectivity index (χ0v) is 16.4. The van der Waals surface area contributed by atoms with Crippen molar-refractivity contribution in [1.82, 2.24) is 20.5 Å². The fraction of sp³-hybridized carbons (Fsp3) is 0.526. The molecule has 1 aliphatic heterocycles. The Kier molecular flexibility index (Phi) is 5.46. The molecular formula is C19H26N4O2S. The average Bonchev–Trinajstić information content (AvgIpc) is 3.03. The van der Waals surface area contributed by atoms with Crippen LogP contribution in [-0.4, -0.2) is 47.0 Å². The van der Waals surface area contributed by atoms with Gasteiger partial charge in [-0.1, -0.05) is 12.1 Å². The summed E-state index contributed by atoms with van der Waals surface area (Å²) in [6.45, 7) is 8.02. The molecule has 2 N–H and O–H groups in total. The van der Waals surface area contributed by atoms with E-state index in [1.165, 1.54) is 11.3 Å². The fourth-order valence-corrected chi connectivity index (χ4v) is 3.90. The smallest absolute Gasteiger partial charge is 0.317 e. The number of carbonyl (C=O) groups is 2. The van der Waals surface area contributed by atoms with Crippen LogP contribution in [0, 0.1) is 5.92 Å². The lowest BCUT2D eigenvalue weighted by atomic mass is 9.97. The van der Waals surface area contributed by atoms with Crippen molar-refractivity contribution in [3.63, 3.8) is 0 Å². The maximum atomic E-state index is 12.3. The zero-order valence-electron chi connectivity index (χ0n) is 15.5. The maximum absolute atomic E-state index is 12.3. The highest BCUT2D eigenvalue weighted by Gasteiger charge is 2.25. The molecule has 140 valence electrons. The van der Waals surface area contributed by atoms with Gasteiger partial charge in [-0.25, -0.2) is 9.78 Å². The number of hydrogen-bond donors (Lipinski definition) is 2. The first-order valence-electron chi connectivity index (χ1n) is 9.03. The third kappa shape index (κ3) is 4.72. The summed E-state index contributed by atoms with van der Waals surface area (Å²) >= 11 is 1.42. The predicted octanol–water partition coefficient (Wildman–Crippen LogP) is 3.25. The normalized spacial score (nSPS) is 15.9. The van der Waals surface area contributed by atoms with Gasteiger partial charge in [0.2, 0.25) is 0 Å². The van der Waals surface area contributed by atoms with Crippen LogP contribution in [-0.2, 0) is 0 Å². The van der Waals surface area contributed by atoms with Crippen molar-refractivity contribution in [1.29, 1.82) is 0 Å². The van der Waals surface area contributed by atoms with E-state index >= 15 is 0 Å². The van der Waals surface area contributed by atoms with Crippen molar-refractivity contribution in [2.75, 3.05) is 19.6 Å². The lowest BCUT2D eigenvalue weighted by molar-refractivity contribution is 0.0937. The van der Waals surface area contributed by atoms with Crippen molar-refractivity contribution >= 4 is 33.5 Å². The van der Waals surface area contributed by atoms with E-state index in [2.05, 4.69) is 15.6 Å². The van der Waals surface area contributed by atoms with E-state index in [0.29, 0.717) is 17.5 Å². The van der Waals surface area contributed by atoms with Crippen LogP contribution in [0.3, 0.4) is 0 Å². The van der Waals surface area contributed by atoms with Crippen molar-refractivity contribution in [3.05, 3.63) is 29.3 Å². The molecule has 0 saturated carbocycles. The number of benzene rings is 1. The third-order valence-corrected chi connectivity index (χ3v) is 5.46. The predicted molar refractivity (Wildman–Crippen MR) is 105 cm³/mol. The number of urea groups is 1. The van der Waals surface area contributed by atoms with Gasteiger partial charge in [0, 0.05) is 25.2 Å². The molecule has 0 bridgehead atoms. The number of nitrogens with zero attached hydrogens (tertiary/aromatic N) is 2.